The van der Waals surface area contributed by atoms with Gasteiger partial charge < -0.3 is 5.32 Å². The van der Waals surface area contributed by atoms with Crippen molar-refractivity contribution in [2.24, 2.45) is 0 Å². The summed E-state index contributed by atoms with van der Waals surface area (Å²) < 4.78 is 0. The molecule has 0 atom stereocenters. The number of amides is 1. The van der Waals surface area contributed by atoms with E-state index in [9.17, 15) is 14.9 Å². The fourth-order valence-electron chi connectivity index (χ4n) is 1.96. The summed E-state index contributed by atoms with van der Waals surface area (Å²) in [6, 6.07) is 7.46. The topological polar surface area (TPSA) is 72.2 Å². The molecule has 114 valence electrons. The van der Waals surface area contributed by atoms with E-state index in [0.29, 0.717) is 10.6 Å². The first-order valence-electron chi connectivity index (χ1n) is 6.32. The lowest BCUT2D eigenvalue weighted by atomic mass is 10.1. The van der Waals surface area contributed by atoms with Crippen molar-refractivity contribution in [3.63, 3.8) is 0 Å². The fourth-order valence-corrected chi connectivity index (χ4v) is 2.34. The highest BCUT2D eigenvalue weighted by molar-refractivity contribution is 6.36. The van der Waals surface area contributed by atoms with E-state index < -0.39 is 10.8 Å². The van der Waals surface area contributed by atoms with Gasteiger partial charge in [0.25, 0.3) is 11.6 Å². The minimum Gasteiger partial charge on any atom is -0.316 e. The summed E-state index contributed by atoms with van der Waals surface area (Å²) >= 11 is 11.8. The molecule has 0 aliphatic carbocycles. The first-order valence-corrected chi connectivity index (χ1v) is 7.08. The lowest BCUT2D eigenvalue weighted by molar-refractivity contribution is -0.384. The molecule has 0 fully saturated rings. The van der Waals surface area contributed by atoms with Crippen molar-refractivity contribution in [2.45, 2.75) is 13.8 Å². The largest absolute Gasteiger partial charge is 0.316 e. The molecule has 22 heavy (non-hydrogen) atoms. The van der Waals surface area contributed by atoms with Gasteiger partial charge in [-0.15, -0.1) is 0 Å². The number of nitrogens with zero attached hydrogens (tertiary/aromatic N) is 1. The Kier molecular flexibility index (Phi) is 4.68. The van der Waals surface area contributed by atoms with Crippen LogP contribution in [0.15, 0.2) is 30.3 Å². The molecule has 0 saturated carbocycles. The zero-order valence-electron chi connectivity index (χ0n) is 11.8. The highest BCUT2D eigenvalue weighted by Crippen LogP contribution is 2.31. The third-order valence-electron chi connectivity index (χ3n) is 3.32. The second-order valence-corrected chi connectivity index (χ2v) is 5.58. The molecule has 0 aliphatic rings. The molecule has 0 bridgehead atoms. The molecule has 2 rings (SSSR count). The third kappa shape index (κ3) is 3.21. The van der Waals surface area contributed by atoms with E-state index in [0.717, 1.165) is 5.56 Å². The number of hydrogen-bond donors (Lipinski definition) is 1. The minimum absolute atomic E-state index is 0.157. The quantitative estimate of drug-likeness (QED) is 0.647. The second kappa shape index (κ2) is 6.34. The van der Waals surface area contributed by atoms with Gasteiger partial charge in [0.05, 0.1) is 15.5 Å². The average molecular weight is 339 g/mol. The van der Waals surface area contributed by atoms with Crippen molar-refractivity contribution in [2.75, 3.05) is 5.32 Å². The average Bonchev–Trinajstić information content (AvgIpc) is 2.46. The normalized spacial score (nSPS) is 10.4. The van der Waals surface area contributed by atoms with E-state index in [4.69, 9.17) is 23.2 Å². The van der Waals surface area contributed by atoms with E-state index in [1.54, 1.807) is 26.0 Å². The van der Waals surface area contributed by atoms with E-state index in [1.807, 2.05) is 0 Å². The zero-order valence-corrected chi connectivity index (χ0v) is 13.3. The zero-order chi connectivity index (χ0) is 16.4. The maximum absolute atomic E-state index is 12.3. The van der Waals surface area contributed by atoms with Crippen molar-refractivity contribution < 1.29 is 9.72 Å². The Labute approximate surface area is 137 Å². The van der Waals surface area contributed by atoms with Crippen LogP contribution in [-0.4, -0.2) is 10.8 Å². The summed E-state index contributed by atoms with van der Waals surface area (Å²) in [5, 5.41) is 14.3. The smallest absolute Gasteiger partial charge is 0.293 e. The second-order valence-electron chi connectivity index (χ2n) is 4.74. The van der Waals surface area contributed by atoms with Gasteiger partial charge in [-0.05, 0) is 43.2 Å². The lowest BCUT2D eigenvalue weighted by Crippen LogP contribution is -2.15. The van der Waals surface area contributed by atoms with Crippen molar-refractivity contribution in [1.29, 1.82) is 0 Å². The first-order chi connectivity index (χ1) is 10.3. The molecule has 2 aromatic rings. The van der Waals surface area contributed by atoms with Crippen LogP contribution in [0.2, 0.25) is 10.0 Å². The van der Waals surface area contributed by atoms with Gasteiger partial charge in [0, 0.05) is 11.1 Å². The molecule has 0 aliphatic heterocycles. The van der Waals surface area contributed by atoms with Gasteiger partial charge >= 0.3 is 0 Å². The maximum Gasteiger partial charge on any atom is 0.293 e. The number of benzene rings is 2. The van der Waals surface area contributed by atoms with Crippen LogP contribution >= 0.6 is 23.2 Å². The van der Waals surface area contributed by atoms with Gasteiger partial charge in [-0.3, -0.25) is 14.9 Å². The molecule has 0 saturated heterocycles. The van der Waals surface area contributed by atoms with Crippen LogP contribution < -0.4 is 5.32 Å². The molecule has 0 unspecified atom stereocenters. The molecular weight excluding hydrogens is 327 g/mol. The number of rotatable bonds is 3. The summed E-state index contributed by atoms with van der Waals surface area (Å²) in [5.74, 6) is -0.552. The van der Waals surface area contributed by atoms with Crippen LogP contribution in [0.3, 0.4) is 0 Å². The van der Waals surface area contributed by atoms with E-state index >= 15 is 0 Å². The number of anilines is 1. The SMILES string of the molecule is Cc1ccc([N+](=O)[O-])c(NC(=O)c2cc(Cl)ccc2Cl)c1C. The van der Waals surface area contributed by atoms with E-state index in [2.05, 4.69) is 5.32 Å². The van der Waals surface area contributed by atoms with Crippen LogP contribution in [0.25, 0.3) is 0 Å². The fraction of sp³-hybridized carbons (Fsp3) is 0.133. The Hall–Kier alpha value is -2.11. The monoisotopic (exact) mass is 338 g/mol. The summed E-state index contributed by atoms with van der Waals surface area (Å²) in [6.07, 6.45) is 0. The number of nitrogens with one attached hydrogen (secondary N) is 1. The summed E-state index contributed by atoms with van der Waals surface area (Å²) in [5.41, 5.74) is 1.60. The molecule has 1 amide bonds. The Balaban J connectivity index is 2.46. The van der Waals surface area contributed by atoms with Gasteiger partial charge in [-0.25, -0.2) is 0 Å². The van der Waals surface area contributed by atoms with Crippen molar-refractivity contribution in [3.8, 4) is 0 Å². The van der Waals surface area contributed by atoms with Crippen molar-refractivity contribution in [1.82, 2.24) is 0 Å². The highest BCUT2D eigenvalue weighted by atomic mass is 35.5. The van der Waals surface area contributed by atoms with Gasteiger partial charge in [-0.2, -0.15) is 0 Å². The predicted octanol–water partition coefficient (Wildman–Crippen LogP) is 4.77. The maximum atomic E-state index is 12.3. The molecule has 0 heterocycles. The molecule has 7 heteroatoms. The van der Waals surface area contributed by atoms with Gasteiger partial charge in [0.1, 0.15) is 5.69 Å². The number of halogens is 2. The standard InChI is InChI=1S/C15H12Cl2N2O3/c1-8-3-6-13(19(21)22)14(9(8)2)18-15(20)11-7-10(16)4-5-12(11)17/h3-7H,1-2H3,(H,18,20). The predicted molar refractivity (Wildman–Crippen MR) is 87.0 cm³/mol. The summed E-state index contributed by atoms with van der Waals surface area (Å²) in [7, 11) is 0. The minimum atomic E-state index is -0.552. The Morgan fingerprint density at radius 3 is 2.50 bits per heavy atom. The molecule has 2 aromatic carbocycles. The number of aryl methyl sites for hydroxylation is 1. The molecule has 0 spiro atoms. The lowest BCUT2D eigenvalue weighted by Gasteiger charge is -2.12. The van der Waals surface area contributed by atoms with Gasteiger partial charge in [-0.1, -0.05) is 29.3 Å². The van der Waals surface area contributed by atoms with E-state index in [-0.39, 0.29) is 22.0 Å². The number of carbonyl (C=O) groups is 1. The molecular formula is C15H12Cl2N2O3. The summed E-state index contributed by atoms with van der Waals surface area (Å²) in [6.45, 7) is 3.51. The highest BCUT2D eigenvalue weighted by Gasteiger charge is 2.21. The summed E-state index contributed by atoms with van der Waals surface area (Å²) in [4.78, 5) is 22.9. The number of carbonyl (C=O) groups excluding carboxylic acids is 1. The van der Waals surface area contributed by atoms with Crippen molar-refractivity contribution >= 4 is 40.5 Å². The Morgan fingerprint density at radius 2 is 1.86 bits per heavy atom. The number of hydrogen-bond acceptors (Lipinski definition) is 3. The van der Waals surface area contributed by atoms with Crippen LogP contribution in [0.4, 0.5) is 11.4 Å². The Morgan fingerprint density at radius 1 is 1.18 bits per heavy atom. The van der Waals surface area contributed by atoms with Gasteiger partial charge in [0.2, 0.25) is 0 Å². The Bertz CT molecular complexity index is 776. The van der Waals surface area contributed by atoms with Crippen LogP contribution in [0.5, 0.6) is 0 Å². The molecule has 5 nitrogen and oxygen atoms in total. The van der Waals surface area contributed by atoms with Gasteiger partial charge in [0.15, 0.2) is 0 Å². The van der Waals surface area contributed by atoms with E-state index in [1.165, 1.54) is 18.2 Å². The molecule has 0 aromatic heterocycles. The number of nitro benzene ring substituents is 1. The third-order valence-corrected chi connectivity index (χ3v) is 3.89. The number of nitro groups is 1. The van der Waals surface area contributed by atoms with Crippen molar-refractivity contribution in [3.05, 3.63) is 67.2 Å². The first kappa shape index (κ1) is 16.3. The van der Waals surface area contributed by atoms with Crippen LogP contribution in [0.1, 0.15) is 21.5 Å². The molecule has 0 radical (unpaired) electrons. The van der Waals surface area contributed by atoms with Crippen LogP contribution in [-0.2, 0) is 0 Å². The molecule has 1 N–H and O–H groups in total. The van der Waals surface area contributed by atoms with Crippen LogP contribution in [0, 0.1) is 24.0 Å².